The van der Waals surface area contributed by atoms with E-state index in [2.05, 4.69) is 6.58 Å². The lowest BCUT2D eigenvalue weighted by Gasteiger charge is -2.55. The van der Waals surface area contributed by atoms with Crippen molar-refractivity contribution >= 4 is 11.9 Å². The monoisotopic (exact) mass is 268 g/mol. The quantitative estimate of drug-likeness (QED) is 0.573. The van der Waals surface area contributed by atoms with Crippen LogP contribution >= 0.6 is 0 Å². The van der Waals surface area contributed by atoms with Gasteiger partial charge in [0.05, 0.1) is 11.1 Å². The van der Waals surface area contributed by atoms with Gasteiger partial charge < -0.3 is 9.64 Å². The highest BCUT2D eigenvalue weighted by Gasteiger charge is 2.46. The van der Waals surface area contributed by atoms with Crippen molar-refractivity contribution < 1.29 is 14.3 Å². The van der Waals surface area contributed by atoms with Gasteiger partial charge in [-0.1, -0.05) is 6.58 Å². The fraction of sp³-hybridized carbons (Fsp3) is 0.714. The van der Waals surface area contributed by atoms with Crippen molar-refractivity contribution in [2.75, 3.05) is 19.8 Å². The number of piperazine rings is 1. The average molecular weight is 268 g/mol. The second-order valence-corrected chi connectivity index (χ2v) is 6.25. The van der Waals surface area contributed by atoms with Crippen LogP contribution in [-0.4, -0.2) is 52.6 Å². The molecule has 0 bridgehead atoms. The normalized spacial score (nSPS) is 21.8. The molecule has 1 aliphatic heterocycles. The molecule has 1 saturated heterocycles. The molecule has 1 heterocycles. The van der Waals surface area contributed by atoms with Gasteiger partial charge in [0, 0.05) is 20.0 Å². The summed E-state index contributed by atoms with van der Waals surface area (Å²) in [6, 6.07) is 0. The van der Waals surface area contributed by atoms with Crippen LogP contribution in [-0.2, 0) is 14.3 Å². The lowest BCUT2D eigenvalue weighted by atomic mass is 9.87. The second kappa shape index (κ2) is 5.33. The lowest BCUT2D eigenvalue weighted by molar-refractivity contribution is -0.160. The first-order chi connectivity index (χ1) is 8.60. The summed E-state index contributed by atoms with van der Waals surface area (Å²) in [6.45, 7) is 14.6. The Morgan fingerprint density at radius 3 is 2.05 bits per heavy atom. The molecule has 0 aromatic carbocycles. The molecule has 5 nitrogen and oxygen atoms in total. The highest BCUT2D eigenvalue weighted by atomic mass is 16.5. The van der Waals surface area contributed by atoms with E-state index in [1.165, 1.54) is 13.0 Å². The molecule has 0 spiro atoms. The fourth-order valence-corrected chi connectivity index (χ4v) is 3.07. The lowest BCUT2D eigenvalue weighted by Crippen LogP contribution is -2.70. The summed E-state index contributed by atoms with van der Waals surface area (Å²) >= 11 is 0. The summed E-state index contributed by atoms with van der Waals surface area (Å²) in [5, 5.41) is 0. The predicted octanol–water partition coefficient (Wildman–Crippen LogP) is 1.39. The summed E-state index contributed by atoms with van der Waals surface area (Å²) in [7, 11) is 0. The zero-order valence-corrected chi connectivity index (χ0v) is 12.5. The predicted molar refractivity (Wildman–Crippen MR) is 73.4 cm³/mol. The zero-order valence-electron chi connectivity index (χ0n) is 12.5. The number of hydrogen-bond donors (Lipinski definition) is 0. The maximum absolute atomic E-state index is 12.1. The molecule has 1 rings (SSSR count). The number of amides is 1. The number of esters is 1. The van der Waals surface area contributed by atoms with E-state index >= 15 is 0 Å². The van der Waals surface area contributed by atoms with Crippen LogP contribution in [0.4, 0.5) is 0 Å². The summed E-state index contributed by atoms with van der Waals surface area (Å²) < 4.78 is 5.05. The Hall–Kier alpha value is -1.36. The highest BCUT2D eigenvalue weighted by Crippen LogP contribution is 2.32. The van der Waals surface area contributed by atoms with E-state index in [0.717, 1.165) is 0 Å². The molecule has 0 aromatic rings. The van der Waals surface area contributed by atoms with Crippen LogP contribution < -0.4 is 0 Å². The fourth-order valence-electron chi connectivity index (χ4n) is 3.07. The topological polar surface area (TPSA) is 49.9 Å². The van der Waals surface area contributed by atoms with Crippen LogP contribution in [0.25, 0.3) is 0 Å². The molecule has 0 aliphatic carbocycles. The van der Waals surface area contributed by atoms with Gasteiger partial charge in [-0.25, -0.2) is 0 Å². The van der Waals surface area contributed by atoms with Gasteiger partial charge in [0.15, 0.2) is 0 Å². The van der Waals surface area contributed by atoms with Crippen molar-refractivity contribution in [1.82, 2.24) is 9.80 Å². The van der Waals surface area contributed by atoms with Gasteiger partial charge in [-0.2, -0.15) is 0 Å². The zero-order chi connectivity index (χ0) is 14.8. The third-order valence-electron chi connectivity index (χ3n) is 3.28. The van der Waals surface area contributed by atoms with Crippen LogP contribution in [0.5, 0.6) is 0 Å². The smallest absolute Gasteiger partial charge is 0.303 e. The first-order valence-corrected chi connectivity index (χ1v) is 6.42. The summed E-state index contributed by atoms with van der Waals surface area (Å²) in [6.07, 6.45) is 1.35. The number of carbonyl (C=O) groups is 2. The van der Waals surface area contributed by atoms with Crippen LogP contribution in [0.1, 0.15) is 34.6 Å². The molecule has 0 atom stereocenters. The van der Waals surface area contributed by atoms with Crippen LogP contribution in [0, 0.1) is 0 Å². The van der Waals surface area contributed by atoms with Crippen LogP contribution in [0.3, 0.4) is 0 Å². The molecule has 0 N–H and O–H groups in total. The van der Waals surface area contributed by atoms with Crippen molar-refractivity contribution in [1.29, 1.82) is 0 Å². The van der Waals surface area contributed by atoms with E-state index in [4.69, 9.17) is 4.74 Å². The molecular formula is C14H24N2O3. The van der Waals surface area contributed by atoms with Gasteiger partial charge >= 0.3 is 5.97 Å². The Balaban J connectivity index is 2.90. The van der Waals surface area contributed by atoms with Crippen molar-refractivity contribution in [2.24, 2.45) is 0 Å². The van der Waals surface area contributed by atoms with Gasteiger partial charge in [-0.3, -0.25) is 14.5 Å². The maximum Gasteiger partial charge on any atom is 0.303 e. The van der Waals surface area contributed by atoms with E-state index in [1.807, 2.05) is 37.5 Å². The van der Waals surface area contributed by atoms with Gasteiger partial charge in [-0.15, -0.1) is 0 Å². The number of carbonyl (C=O) groups excluding carboxylic acids is 2. The van der Waals surface area contributed by atoms with E-state index in [0.29, 0.717) is 13.1 Å². The Labute approximate surface area is 115 Å². The standard InChI is InChI=1S/C14H24N2O3/c1-7-12(18)16-13(3,4)8-15(9-14(16,5)6)10-19-11(2)17/h7H,1,8-10H2,2-6H3. The van der Waals surface area contributed by atoms with E-state index in [9.17, 15) is 9.59 Å². The molecule has 1 fully saturated rings. The Bertz CT molecular complexity index is 370. The molecule has 0 saturated carbocycles. The number of hydrogen-bond acceptors (Lipinski definition) is 4. The third kappa shape index (κ3) is 3.56. The van der Waals surface area contributed by atoms with Gasteiger partial charge in [-0.05, 0) is 33.8 Å². The third-order valence-corrected chi connectivity index (χ3v) is 3.28. The van der Waals surface area contributed by atoms with E-state index in [1.54, 1.807) is 0 Å². The summed E-state index contributed by atoms with van der Waals surface area (Å²) in [5.74, 6) is -0.359. The largest absolute Gasteiger partial charge is 0.450 e. The Kier molecular flexibility index (Phi) is 4.40. The minimum Gasteiger partial charge on any atom is -0.450 e. The maximum atomic E-state index is 12.1. The first-order valence-electron chi connectivity index (χ1n) is 6.42. The summed E-state index contributed by atoms with van der Waals surface area (Å²) in [4.78, 5) is 26.9. The first kappa shape index (κ1) is 15.7. The average Bonchev–Trinajstić information content (AvgIpc) is 2.22. The van der Waals surface area contributed by atoms with Crippen molar-refractivity contribution in [3.8, 4) is 0 Å². The molecule has 1 aliphatic rings. The van der Waals surface area contributed by atoms with Gasteiger partial charge in [0.1, 0.15) is 6.73 Å². The van der Waals surface area contributed by atoms with Crippen LogP contribution in [0.15, 0.2) is 12.7 Å². The van der Waals surface area contributed by atoms with Crippen molar-refractivity contribution in [3.63, 3.8) is 0 Å². The molecule has 108 valence electrons. The molecule has 0 radical (unpaired) electrons. The van der Waals surface area contributed by atoms with E-state index < -0.39 is 0 Å². The van der Waals surface area contributed by atoms with Crippen molar-refractivity contribution in [3.05, 3.63) is 12.7 Å². The molecular weight excluding hydrogens is 244 g/mol. The Morgan fingerprint density at radius 1 is 1.21 bits per heavy atom. The number of ether oxygens (including phenoxy) is 1. The van der Waals surface area contributed by atoms with Crippen LogP contribution in [0.2, 0.25) is 0 Å². The SMILES string of the molecule is C=CC(=O)N1C(C)(C)CN(COC(C)=O)CC1(C)C. The van der Waals surface area contributed by atoms with Gasteiger partial charge in [0.25, 0.3) is 0 Å². The summed E-state index contributed by atoms with van der Waals surface area (Å²) in [5.41, 5.74) is -0.680. The molecule has 0 unspecified atom stereocenters. The molecule has 0 aromatic heterocycles. The highest BCUT2D eigenvalue weighted by molar-refractivity contribution is 5.88. The minimum atomic E-state index is -0.340. The van der Waals surface area contributed by atoms with E-state index in [-0.39, 0.29) is 29.7 Å². The number of rotatable bonds is 3. The molecule has 1 amide bonds. The molecule has 19 heavy (non-hydrogen) atoms. The molecule has 5 heteroatoms. The minimum absolute atomic E-state index is 0.0675. The van der Waals surface area contributed by atoms with Crippen molar-refractivity contribution in [2.45, 2.75) is 45.7 Å². The van der Waals surface area contributed by atoms with Gasteiger partial charge in [0.2, 0.25) is 5.91 Å². The Morgan fingerprint density at radius 2 is 1.68 bits per heavy atom. The second-order valence-electron chi connectivity index (χ2n) is 6.25. The number of nitrogens with zero attached hydrogens (tertiary/aromatic N) is 2.